The highest BCUT2D eigenvalue weighted by molar-refractivity contribution is 6.39. The lowest BCUT2D eigenvalue weighted by Crippen LogP contribution is -2.00. The van der Waals surface area contributed by atoms with Gasteiger partial charge in [0.2, 0.25) is 0 Å². The summed E-state index contributed by atoms with van der Waals surface area (Å²) in [5.74, 6) is 0. The second-order valence-electron chi connectivity index (χ2n) is 7.08. The zero-order chi connectivity index (χ0) is 18.0. The molecule has 0 aliphatic carbocycles. The predicted octanol–water partition coefficient (Wildman–Crippen LogP) is 4.94. The van der Waals surface area contributed by atoms with Crippen molar-refractivity contribution in [1.82, 2.24) is 4.57 Å². The third-order valence-corrected chi connectivity index (χ3v) is 5.51. The molecule has 0 bridgehead atoms. The van der Waals surface area contributed by atoms with Crippen molar-refractivity contribution in [2.75, 3.05) is 0 Å². The monoisotopic (exact) mass is 345 g/mol. The lowest BCUT2D eigenvalue weighted by Gasteiger charge is -2.07. The first-order valence-electron chi connectivity index (χ1n) is 9.22. The summed E-state index contributed by atoms with van der Waals surface area (Å²) >= 11 is 0. The molecule has 2 aromatic heterocycles. The van der Waals surface area contributed by atoms with E-state index in [2.05, 4.69) is 97.3 Å². The topological polar surface area (TPSA) is 18.1 Å². The Kier molecular flexibility index (Phi) is 2.87. The van der Waals surface area contributed by atoms with E-state index in [4.69, 9.17) is 4.42 Å². The van der Waals surface area contributed by atoms with Gasteiger partial charge >= 0.3 is 0 Å². The number of para-hydroxylation sites is 3. The molecule has 0 amide bonds. The van der Waals surface area contributed by atoms with E-state index in [-0.39, 0.29) is 0 Å². The van der Waals surface area contributed by atoms with Gasteiger partial charge in [-0.2, -0.15) is 0 Å². The van der Waals surface area contributed by atoms with Crippen LogP contribution < -0.4 is 5.46 Å². The molecule has 6 rings (SSSR count). The molecule has 27 heavy (non-hydrogen) atoms. The molecule has 3 heteroatoms. The summed E-state index contributed by atoms with van der Waals surface area (Å²) in [4.78, 5) is 0. The number of fused-ring (bicyclic) bond motifs is 7. The van der Waals surface area contributed by atoms with Crippen molar-refractivity contribution < 1.29 is 4.42 Å². The summed E-state index contributed by atoms with van der Waals surface area (Å²) in [6, 6.07) is 29.9. The molecule has 2 heterocycles. The Hall–Kier alpha value is -3.46. The van der Waals surface area contributed by atoms with Crippen LogP contribution in [0.3, 0.4) is 0 Å². The first-order chi connectivity index (χ1) is 13.3. The minimum absolute atomic E-state index is 0.975. The van der Waals surface area contributed by atoms with E-state index in [1.807, 2.05) is 0 Å². The fourth-order valence-corrected chi connectivity index (χ4v) is 4.30. The van der Waals surface area contributed by atoms with Crippen molar-refractivity contribution in [1.29, 1.82) is 0 Å². The smallest absolute Gasteiger partial charge is 0.145 e. The van der Waals surface area contributed by atoms with Crippen LogP contribution in [0.5, 0.6) is 0 Å². The number of rotatable bonds is 1. The third-order valence-electron chi connectivity index (χ3n) is 5.51. The summed E-state index contributed by atoms with van der Waals surface area (Å²) in [5, 5.41) is 4.77. The number of aromatic nitrogens is 1. The summed E-state index contributed by atoms with van der Waals surface area (Å²) < 4.78 is 8.76. The third kappa shape index (κ3) is 1.91. The van der Waals surface area contributed by atoms with Crippen LogP contribution in [0.2, 0.25) is 0 Å². The molecule has 0 radical (unpaired) electrons. The van der Waals surface area contributed by atoms with Gasteiger partial charge < -0.3 is 8.98 Å². The fourth-order valence-electron chi connectivity index (χ4n) is 4.30. The van der Waals surface area contributed by atoms with Gasteiger partial charge in [0.25, 0.3) is 0 Å². The van der Waals surface area contributed by atoms with Crippen LogP contribution in [0.25, 0.3) is 49.4 Å². The van der Waals surface area contributed by atoms with Gasteiger partial charge in [-0.15, -0.1) is 0 Å². The van der Waals surface area contributed by atoms with Gasteiger partial charge in [-0.1, -0.05) is 54.6 Å². The summed E-state index contributed by atoms with van der Waals surface area (Å²) in [5.41, 5.74) is 6.66. The van der Waals surface area contributed by atoms with E-state index in [1.54, 1.807) is 0 Å². The summed E-state index contributed by atoms with van der Waals surface area (Å²) in [6.45, 7) is 0. The van der Waals surface area contributed by atoms with Crippen molar-refractivity contribution in [3.63, 3.8) is 0 Å². The maximum Gasteiger partial charge on any atom is 0.145 e. The van der Waals surface area contributed by atoms with Crippen LogP contribution in [0.1, 0.15) is 0 Å². The van der Waals surface area contributed by atoms with Gasteiger partial charge in [0, 0.05) is 21.8 Å². The molecule has 0 spiro atoms. The van der Waals surface area contributed by atoms with Crippen LogP contribution in [-0.2, 0) is 0 Å². The molecule has 2 nitrogen and oxygen atoms in total. The zero-order valence-electron chi connectivity index (χ0n) is 14.9. The van der Waals surface area contributed by atoms with E-state index in [0.29, 0.717) is 0 Å². The predicted molar refractivity (Wildman–Crippen MR) is 116 cm³/mol. The van der Waals surface area contributed by atoms with Gasteiger partial charge in [0.1, 0.15) is 19.0 Å². The quantitative estimate of drug-likeness (QED) is 0.386. The molecule has 6 aromatic rings. The Morgan fingerprint density at radius 1 is 0.593 bits per heavy atom. The molecule has 0 unspecified atom stereocenters. The molecule has 0 atom stereocenters. The van der Waals surface area contributed by atoms with Crippen LogP contribution in [0, 0.1) is 0 Å². The molecule has 0 saturated heterocycles. The molecule has 4 aromatic carbocycles. The first-order valence-corrected chi connectivity index (χ1v) is 9.22. The van der Waals surface area contributed by atoms with Crippen LogP contribution >= 0.6 is 0 Å². The lowest BCUT2D eigenvalue weighted by atomic mass is 9.94. The number of hydrogen-bond donors (Lipinski definition) is 0. The second kappa shape index (κ2) is 5.27. The van der Waals surface area contributed by atoms with E-state index >= 15 is 0 Å². The Morgan fingerprint density at radius 2 is 1.33 bits per heavy atom. The number of benzene rings is 4. The SMILES string of the molecule is Bc1cccc2c1oc1c2ccc2c1c1ccccc1n2-c1ccccc1. The van der Waals surface area contributed by atoms with Crippen molar-refractivity contribution in [2.24, 2.45) is 0 Å². The summed E-state index contributed by atoms with van der Waals surface area (Å²) in [7, 11) is 2.11. The van der Waals surface area contributed by atoms with E-state index in [9.17, 15) is 0 Å². The normalized spacial score (nSPS) is 11.9. The molecule has 0 N–H and O–H groups in total. The highest BCUT2D eigenvalue weighted by atomic mass is 16.3. The first kappa shape index (κ1) is 14.7. The van der Waals surface area contributed by atoms with Crippen LogP contribution in [0.15, 0.2) is 89.3 Å². The zero-order valence-corrected chi connectivity index (χ0v) is 14.9. The fraction of sp³-hybridized carbons (Fsp3) is 0. The second-order valence-corrected chi connectivity index (χ2v) is 7.08. The number of furan rings is 1. The number of hydrogen-bond acceptors (Lipinski definition) is 1. The summed E-state index contributed by atoms with van der Waals surface area (Å²) in [6.07, 6.45) is 0. The van der Waals surface area contributed by atoms with Gasteiger partial charge in [0.15, 0.2) is 0 Å². The maximum atomic E-state index is 6.44. The number of nitrogens with zero attached hydrogens (tertiary/aromatic N) is 1. The lowest BCUT2D eigenvalue weighted by molar-refractivity contribution is 0.675. The maximum absolute atomic E-state index is 6.44. The van der Waals surface area contributed by atoms with Crippen molar-refractivity contribution in [3.05, 3.63) is 84.9 Å². The Morgan fingerprint density at radius 3 is 2.22 bits per heavy atom. The van der Waals surface area contributed by atoms with Gasteiger partial charge in [-0.3, -0.25) is 0 Å². The molecule has 0 fully saturated rings. The minimum atomic E-state index is 0.975. The van der Waals surface area contributed by atoms with Crippen molar-refractivity contribution in [3.8, 4) is 5.69 Å². The molecular weight excluding hydrogens is 329 g/mol. The van der Waals surface area contributed by atoms with Gasteiger partial charge in [-0.05, 0) is 35.8 Å². The van der Waals surface area contributed by atoms with E-state index in [0.717, 1.165) is 16.9 Å². The van der Waals surface area contributed by atoms with Crippen molar-refractivity contribution in [2.45, 2.75) is 0 Å². The largest absolute Gasteiger partial charge is 0.456 e. The van der Waals surface area contributed by atoms with E-state index in [1.165, 1.54) is 38.0 Å². The highest BCUT2D eigenvalue weighted by Gasteiger charge is 2.18. The average Bonchev–Trinajstić information content (AvgIpc) is 3.25. The van der Waals surface area contributed by atoms with Crippen LogP contribution in [-0.4, -0.2) is 12.4 Å². The molecule has 0 saturated carbocycles. The Balaban J connectivity index is 1.89. The van der Waals surface area contributed by atoms with Crippen molar-refractivity contribution >= 4 is 57.1 Å². The highest BCUT2D eigenvalue weighted by Crippen LogP contribution is 2.39. The van der Waals surface area contributed by atoms with Gasteiger partial charge in [0.05, 0.1) is 16.4 Å². The molecule has 0 aliphatic heterocycles. The molecular formula is C24H16BNO. The van der Waals surface area contributed by atoms with Gasteiger partial charge in [-0.25, -0.2) is 0 Å². The minimum Gasteiger partial charge on any atom is -0.456 e. The Labute approximate surface area is 157 Å². The van der Waals surface area contributed by atoms with Crippen LogP contribution in [0.4, 0.5) is 0 Å². The Bertz CT molecular complexity index is 1470. The standard InChI is InChI=1S/C24H16BNO/c25-19-11-6-10-16-17-13-14-21-22(24(17)27-23(16)19)18-9-4-5-12-20(18)26(21)15-7-2-1-3-8-15/h1-14H,25H2. The molecule has 0 aliphatic rings. The molecule has 126 valence electrons. The van der Waals surface area contributed by atoms with E-state index < -0.39 is 0 Å². The average molecular weight is 345 g/mol.